The van der Waals surface area contributed by atoms with Crippen LogP contribution in [0.1, 0.15) is 95.4 Å². The number of amides is 1. The van der Waals surface area contributed by atoms with Crippen LogP contribution in [0.3, 0.4) is 0 Å². The number of esters is 3. The van der Waals surface area contributed by atoms with Crippen molar-refractivity contribution in [3.05, 3.63) is 23.8 Å². The van der Waals surface area contributed by atoms with E-state index in [1.807, 2.05) is 20.8 Å². The fourth-order valence-electron chi connectivity index (χ4n) is 9.94. The van der Waals surface area contributed by atoms with Gasteiger partial charge in [-0.25, -0.2) is 9.59 Å². The summed E-state index contributed by atoms with van der Waals surface area (Å²) in [6.45, 7) is 21.6. The minimum absolute atomic E-state index is 0.0521. The van der Waals surface area contributed by atoms with E-state index in [0.717, 1.165) is 0 Å². The van der Waals surface area contributed by atoms with Crippen molar-refractivity contribution in [2.75, 3.05) is 6.61 Å². The topological polar surface area (TPSA) is 206 Å². The molecule has 0 bridgehead atoms. The minimum atomic E-state index is -1.83. The molecule has 4 fully saturated rings. The van der Waals surface area contributed by atoms with Gasteiger partial charge in [-0.3, -0.25) is 9.59 Å². The molecule has 2 aliphatic heterocycles. The maximum Gasteiger partial charge on any atom is 0.407 e. The van der Waals surface area contributed by atoms with Crippen molar-refractivity contribution in [1.29, 1.82) is 0 Å². The Morgan fingerprint density at radius 3 is 2.20 bits per heavy atom. The van der Waals surface area contributed by atoms with Gasteiger partial charge in [0.2, 0.25) is 0 Å². The van der Waals surface area contributed by atoms with Crippen LogP contribution in [0.5, 0.6) is 0 Å². The molecule has 304 valence electrons. The lowest BCUT2D eigenvalue weighted by Crippen LogP contribution is -2.80. The number of alkyl carbamates (subject to hydrolysis) is 1. The quantitative estimate of drug-likeness (QED) is 0.143. The first-order valence-corrected chi connectivity index (χ1v) is 18.8. The summed E-state index contributed by atoms with van der Waals surface area (Å²) in [6, 6.07) is -1.08. The normalized spacial score (nSPS) is 38.4. The molecule has 0 aromatic rings. The van der Waals surface area contributed by atoms with Crippen LogP contribution in [0.2, 0.25) is 0 Å². The summed E-state index contributed by atoms with van der Waals surface area (Å²) in [5, 5.41) is 39.5. The minimum Gasteiger partial charge on any atom is -0.456 e. The van der Waals surface area contributed by atoms with Gasteiger partial charge in [0.15, 0.2) is 24.1 Å². The second kappa shape index (κ2) is 14.5. The zero-order chi connectivity index (χ0) is 40.5. The van der Waals surface area contributed by atoms with E-state index in [1.165, 1.54) is 33.8 Å². The highest BCUT2D eigenvalue weighted by atomic mass is 16.7. The van der Waals surface area contributed by atoms with Crippen LogP contribution in [-0.4, -0.2) is 118 Å². The van der Waals surface area contributed by atoms with Crippen molar-refractivity contribution in [1.82, 2.24) is 5.32 Å². The predicted octanol–water partition coefficient (Wildman–Crippen LogP) is 3.01. The summed E-state index contributed by atoms with van der Waals surface area (Å²) in [5.74, 6) is -3.44. The smallest absolute Gasteiger partial charge is 0.407 e. The van der Waals surface area contributed by atoms with Crippen LogP contribution in [0.4, 0.5) is 4.79 Å². The summed E-state index contributed by atoms with van der Waals surface area (Å²) in [5.41, 5.74) is -6.36. The molecule has 13 atom stereocenters. The SMILES string of the molecule is C=C[C@H]1O[C@H]2C[C@H]3OC[C@@]3(OC(C)=O)[C@H]3[C@H](O)[C@]4(C(C)(C)O)C[C@H](OC(=O)[C@H](O)C(CC(C)C)NC(=O)OC(C)(C)C)C(C)=C4[C@H](OC(C)=O)[C@H](O1)[C@]23C. The Morgan fingerprint density at radius 1 is 1.06 bits per heavy atom. The lowest BCUT2D eigenvalue weighted by atomic mass is 9.49. The summed E-state index contributed by atoms with van der Waals surface area (Å²) in [7, 11) is 0. The fourth-order valence-corrected chi connectivity index (χ4v) is 9.94. The number of fused-ring (bicyclic) bond motifs is 3. The molecule has 15 nitrogen and oxygen atoms in total. The maximum atomic E-state index is 13.9. The lowest BCUT2D eigenvalue weighted by molar-refractivity contribution is -0.393. The number of carbonyl (C=O) groups excluding carboxylic acids is 4. The molecule has 54 heavy (non-hydrogen) atoms. The van der Waals surface area contributed by atoms with Gasteiger partial charge in [-0.05, 0) is 71.1 Å². The van der Waals surface area contributed by atoms with Crippen LogP contribution in [0.15, 0.2) is 23.8 Å². The summed E-state index contributed by atoms with van der Waals surface area (Å²) in [6.07, 6.45) is -8.35. The first kappa shape index (κ1) is 42.1. The van der Waals surface area contributed by atoms with Gasteiger partial charge in [0.1, 0.15) is 23.9 Å². The average Bonchev–Trinajstić information content (AvgIpc) is 3.28. The lowest BCUT2D eigenvalue weighted by Gasteiger charge is -2.67. The van der Waals surface area contributed by atoms with Crippen molar-refractivity contribution < 1.29 is 67.7 Å². The second-order valence-corrected chi connectivity index (χ2v) is 17.8. The van der Waals surface area contributed by atoms with E-state index in [9.17, 15) is 34.5 Å². The van der Waals surface area contributed by atoms with E-state index < -0.39 is 113 Å². The van der Waals surface area contributed by atoms with Crippen LogP contribution in [-0.2, 0) is 47.5 Å². The van der Waals surface area contributed by atoms with E-state index in [1.54, 1.807) is 27.7 Å². The Labute approximate surface area is 317 Å². The van der Waals surface area contributed by atoms with E-state index in [2.05, 4.69) is 11.9 Å². The molecule has 1 unspecified atom stereocenters. The zero-order valence-electron chi connectivity index (χ0n) is 33.3. The highest BCUT2D eigenvalue weighted by Gasteiger charge is 2.80. The van der Waals surface area contributed by atoms with Crippen LogP contribution >= 0.6 is 0 Å². The molecule has 2 saturated heterocycles. The molecule has 2 saturated carbocycles. The van der Waals surface area contributed by atoms with E-state index in [0.29, 0.717) is 5.57 Å². The standard InChI is InChI=1S/C39H59NO14/c1-13-26-51-24-15-25-39(17-48-25,53-21(6)42)30-31(44)38(36(10,11)47)16-23(19(4)27(38)29(49-20(5)41)32(52-26)37(24,30)12)50-33(45)28(43)22(14-18(2)3)40-34(46)54-35(7,8)9/h13,18,22-26,28-32,43-44,47H,1,14-17H2,2-12H3,(H,40,46)/t22?,23-,24-,25+,26-,28+,29-,30-,31-,32-,37+,38-,39-/m0/s1. The Bertz CT molecular complexity index is 1550. The largest absolute Gasteiger partial charge is 0.456 e. The molecule has 0 radical (unpaired) electrons. The first-order chi connectivity index (χ1) is 24.8. The van der Waals surface area contributed by atoms with Crippen molar-refractivity contribution >= 4 is 24.0 Å². The Kier molecular flexibility index (Phi) is 11.3. The average molecular weight is 766 g/mol. The Balaban J connectivity index is 1.65. The van der Waals surface area contributed by atoms with E-state index in [-0.39, 0.29) is 37.4 Å². The third kappa shape index (κ3) is 6.97. The zero-order valence-corrected chi connectivity index (χ0v) is 33.3. The van der Waals surface area contributed by atoms with Crippen molar-refractivity contribution in [3.63, 3.8) is 0 Å². The maximum absolute atomic E-state index is 13.9. The van der Waals surface area contributed by atoms with Gasteiger partial charge in [0.25, 0.3) is 0 Å². The summed E-state index contributed by atoms with van der Waals surface area (Å²) >= 11 is 0. The van der Waals surface area contributed by atoms with Gasteiger partial charge in [0, 0.05) is 38.0 Å². The third-order valence-corrected chi connectivity index (χ3v) is 12.1. The monoisotopic (exact) mass is 765 g/mol. The highest BCUT2D eigenvalue weighted by molar-refractivity contribution is 5.77. The van der Waals surface area contributed by atoms with Gasteiger partial charge in [-0.15, -0.1) is 0 Å². The molecule has 5 aliphatic rings. The predicted molar refractivity (Wildman–Crippen MR) is 190 cm³/mol. The number of nitrogens with one attached hydrogen (secondary N) is 1. The molecular weight excluding hydrogens is 706 g/mol. The molecule has 0 aromatic carbocycles. The third-order valence-electron chi connectivity index (χ3n) is 12.1. The van der Waals surface area contributed by atoms with Crippen molar-refractivity contribution in [2.45, 2.75) is 167 Å². The number of aliphatic hydroxyl groups is 3. The van der Waals surface area contributed by atoms with Crippen molar-refractivity contribution in [3.8, 4) is 0 Å². The molecule has 2 heterocycles. The van der Waals surface area contributed by atoms with E-state index >= 15 is 0 Å². The van der Waals surface area contributed by atoms with E-state index in [4.69, 9.17) is 33.2 Å². The number of rotatable bonds is 10. The molecular formula is C39H59NO14. The van der Waals surface area contributed by atoms with Crippen LogP contribution in [0, 0.1) is 22.7 Å². The Morgan fingerprint density at radius 2 is 1.70 bits per heavy atom. The molecule has 15 heteroatoms. The van der Waals surface area contributed by atoms with Crippen LogP contribution in [0.25, 0.3) is 0 Å². The number of hydrogen-bond acceptors (Lipinski definition) is 14. The van der Waals surface area contributed by atoms with Crippen molar-refractivity contribution in [2.24, 2.45) is 22.7 Å². The second-order valence-electron chi connectivity index (χ2n) is 17.8. The number of aliphatic hydroxyl groups excluding tert-OH is 2. The van der Waals surface area contributed by atoms with Gasteiger partial charge in [-0.1, -0.05) is 27.4 Å². The van der Waals surface area contributed by atoms with Crippen LogP contribution < -0.4 is 5.32 Å². The summed E-state index contributed by atoms with van der Waals surface area (Å²) < 4.78 is 42.7. The highest BCUT2D eigenvalue weighted by Crippen LogP contribution is 2.69. The van der Waals surface area contributed by atoms with Gasteiger partial charge in [-0.2, -0.15) is 0 Å². The molecule has 5 rings (SSSR count). The Hall–Kier alpha value is -3.08. The summed E-state index contributed by atoms with van der Waals surface area (Å²) in [4.78, 5) is 52.5. The number of carbonyl (C=O) groups is 4. The molecule has 1 amide bonds. The number of ether oxygens (including phenoxy) is 7. The molecule has 4 N–H and O–H groups in total. The fraction of sp³-hybridized carbons (Fsp3) is 0.795. The molecule has 0 aromatic heterocycles. The van der Waals surface area contributed by atoms with Gasteiger partial charge in [0.05, 0.1) is 35.9 Å². The molecule has 0 spiro atoms. The number of hydrogen-bond donors (Lipinski definition) is 4. The molecule has 3 aliphatic carbocycles. The van der Waals surface area contributed by atoms with Gasteiger partial charge >= 0.3 is 24.0 Å². The van der Waals surface area contributed by atoms with Gasteiger partial charge < -0.3 is 53.8 Å². The first-order valence-electron chi connectivity index (χ1n) is 18.8.